The molecular formula is C25H27F3N4O3. The third-order valence-electron chi connectivity index (χ3n) is 6.41. The Morgan fingerprint density at radius 3 is 2.37 bits per heavy atom. The average molecular weight is 489 g/mol. The van der Waals surface area contributed by atoms with E-state index in [0.29, 0.717) is 31.0 Å². The van der Waals surface area contributed by atoms with Gasteiger partial charge in [-0.15, -0.1) is 10.2 Å². The number of piperidine rings is 1. The Morgan fingerprint density at radius 2 is 1.77 bits per heavy atom. The summed E-state index contributed by atoms with van der Waals surface area (Å²) in [5.74, 6) is -0.311. The maximum Gasteiger partial charge on any atom is 0.417 e. The fourth-order valence-electron chi connectivity index (χ4n) is 4.37. The van der Waals surface area contributed by atoms with Crippen LogP contribution in [0, 0.1) is 5.92 Å². The predicted octanol–water partition coefficient (Wildman–Crippen LogP) is 4.55. The summed E-state index contributed by atoms with van der Waals surface area (Å²) >= 11 is 0. The Labute approximate surface area is 201 Å². The van der Waals surface area contributed by atoms with Gasteiger partial charge in [-0.1, -0.05) is 36.6 Å². The molecule has 10 heteroatoms. The normalized spacial score (nSPS) is 16.2. The molecule has 2 N–H and O–H groups in total. The van der Waals surface area contributed by atoms with E-state index in [1.807, 2.05) is 4.90 Å². The van der Waals surface area contributed by atoms with Crippen LogP contribution in [-0.2, 0) is 11.0 Å². The topological polar surface area (TPSA) is 95.4 Å². The molecule has 2 aromatic rings. The number of anilines is 1. The van der Waals surface area contributed by atoms with Crippen molar-refractivity contribution >= 4 is 23.3 Å². The molecule has 0 radical (unpaired) electrons. The summed E-state index contributed by atoms with van der Waals surface area (Å²) < 4.78 is 40.4. The van der Waals surface area contributed by atoms with E-state index in [9.17, 15) is 27.9 Å². The summed E-state index contributed by atoms with van der Waals surface area (Å²) in [6.07, 6.45) is 0.538. The van der Waals surface area contributed by atoms with Crippen molar-refractivity contribution in [2.45, 2.75) is 44.7 Å². The van der Waals surface area contributed by atoms with Crippen LogP contribution >= 0.6 is 0 Å². The second-order valence-corrected chi connectivity index (χ2v) is 8.93. The standard InChI is InChI=1S/C25H27F3N4O3/c26-25(27,28)19-6-2-1-5-18(19)22(24(34)35)17-11-14-32(15-12-17)21-10-9-20(30-31-21)23(33)29-13-3-4-16-7-8-16/h1-2,5-6,9-10,16H,3-4,7-8,11-15H2,(H,29,33)(H,34,35). The Balaban J connectivity index is 1.41. The highest BCUT2D eigenvalue weighted by molar-refractivity contribution is 6.17. The number of hydrogen-bond donors (Lipinski definition) is 2. The molecule has 0 unspecified atom stereocenters. The van der Waals surface area contributed by atoms with Gasteiger partial charge in [-0.2, -0.15) is 13.2 Å². The third kappa shape index (κ3) is 6.17. The summed E-state index contributed by atoms with van der Waals surface area (Å²) in [5.41, 5.74) is -0.893. The van der Waals surface area contributed by atoms with Crippen LogP contribution in [0.5, 0.6) is 0 Å². The molecule has 35 heavy (non-hydrogen) atoms. The monoisotopic (exact) mass is 488 g/mol. The minimum Gasteiger partial charge on any atom is -0.478 e. The quantitative estimate of drug-likeness (QED) is 0.418. The number of halogens is 3. The second-order valence-electron chi connectivity index (χ2n) is 8.93. The van der Waals surface area contributed by atoms with Gasteiger partial charge >= 0.3 is 12.1 Å². The minimum absolute atomic E-state index is 0.217. The van der Waals surface area contributed by atoms with Crippen LogP contribution in [0.15, 0.2) is 42.0 Å². The Bertz CT molecular complexity index is 1100. The Kier molecular flexibility index (Phi) is 7.37. The van der Waals surface area contributed by atoms with E-state index in [0.717, 1.165) is 24.8 Å². The van der Waals surface area contributed by atoms with Gasteiger partial charge in [0.2, 0.25) is 0 Å². The van der Waals surface area contributed by atoms with Crippen molar-refractivity contribution < 1.29 is 27.9 Å². The van der Waals surface area contributed by atoms with Crippen LogP contribution in [0.4, 0.5) is 19.0 Å². The van der Waals surface area contributed by atoms with Crippen molar-refractivity contribution in [1.82, 2.24) is 15.5 Å². The lowest BCUT2D eigenvalue weighted by atomic mass is 9.90. The number of rotatable bonds is 8. The number of carboxylic acid groups (broad SMARTS) is 1. The average Bonchev–Trinajstić information content (AvgIpc) is 3.66. The van der Waals surface area contributed by atoms with Gasteiger partial charge in [0.15, 0.2) is 11.5 Å². The van der Waals surface area contributed by atoms with Gasteiger partial charge < -0.3 is 15.3 Å². The maximum absolute atomic E-state index is 13.5. The molecule has 4 rings (SSSR count). The number of nitrogens with one attached hydrogen (secondary N) is 1. The smallest absolute Gasteiger partial charge is 0.417 e. The van der Waals surface area contributed by atoms with E-state index < -0.39 is 17.7 Å². The number of carbonyl (C=O) groups is 2. The molecule has 1 saturated heterocycles. The van der Waals surface area contributed by atoms with Gasteiger partial charge in [-0.25, -0.2) is 4.79 Å². The highest BCUT2D eigenvalue weighted by Gasteiger charge is 2.36. The van der Waals surface area contributed by atoms with Gasteiger partial charge in [-0.05, 0) is 49.8 Å². The summed E-state index contributed by atoms with van der Waals surface area (Å²) in [6.45, 7) is 1.35. The molecule has 0 spiro atoms. The molecule has 7 nitrogen and oxygen atoms in total. The molecule has 1 aromatic heterocycles. The highest BCUT2D eigenvalue weighted by Crippen LogP contribution is 2.38. The number of hydrogen-bond acceptors (Lipinski definition) is 5. The van der Waals surface area contributed by atoms with Crippen molar-refractivity contribution in [3.05, 3.63) is 58.8 Å². The van der Waals surface area contributed by atoms with Gasteiger partial charge in [0, 0.05) is 25.2 Å². The Morgan fingerprint density at radius 1 is 1.06 bits per heavy atom. The van der Waals surface area contributed by atoms with Gasteiger partial charge in [0.25, 0.3) is 5.91 Å². The summed E-state index contributed by atoms with van der Waals surface area (Å²) in [4.78, 5) is 26.1. The summed E-state index contributed by atoms with van der Waals surface area (Å²) in [5, 5.41) is 20.7. The van der Waals surface area contributed by atoms with Crippen LogP contribution in [0.25, 0.3) is 5.57 Å². The van der Waals surface area contributed by atoms with Crippen molar-refractivity contribution in [3.63, 3.8) is 0 Å². The van der Waals surface area contributed by atoms with Gasteiger partial charge in [0.05, 0.1) is 11.1 Å². The molecule has 1 amide bonds. The zero-order valence-corrected chi connectivity index (χ0v) is 19.1. The first-order valence-electron chi connectivity index (χ1n) is 11.7. The lowest BCUT2D eigenvalue weighted by Crippen LogP contribution is -2.32. The van der Waals surface area contributed by atoms with Crippen LogP contribution in [-0.4, -0.2) is 46.8 Å². The first-order valence-corrected chi connectivity index (χ1v) is 11.7. The minimum atomic E-state index is -4.65. The van der Waals surface area contributed by atoms with Crippen molar-refractivity contribution in [2.75, 3.05) is 24.5 Å². The molecular weight excluding hydrogens is 461 g/mol. The summed E-state index contributed by atoms with van der Waals surface area (Å²) in [6, 6.07) is 8.02. The van der Waals surface area contributed by atoms with E-state index in [1.165, 1.54) is 31.0 Å². The molecule has 2 heterocycles. The first-order chi connectivity index (χ1) is 16.7. The zero-order chi connectivity index (χ0) is 25.0. The number of nitrogens with zero attached hydrogens (tertiary/aromatic N) is 3. The molecule has 1 aromatic carbocycles. The number of amides is 1. The molecule has 2 aliphatic rings. The predicted molar refractivity (Wildman–Crippen MR) is 124 cm³/mol. The summed E-state index contributed by atoms with van der Waals surface area (Å²) in [7, 11) is 0. The number of carboxylic acids is 1. The molecule has 1 aliphatic carbocycles. The SMILES string of the molecule is O=C(O)C(=C1CCN(c2ccc(C(=O)NCCCC3CC3)nn2)CC1)c1ccccc1C(F)(F)F. The van der Waals surface area contributed by atoms with E-state index in [4.69, 9.17) is 0 Å². The second kappa shape index (κ2) is 10.5. The highest BCUT2D eigenvalue weighted by atomic mass is 19.4. The molecule has 186 valence electrons. The van der Waals surface area contributed by atoms with Crippen molar-refractivity contribution in [3.8, 4) is 0 Å². The lowest BCUT2D eigenvalue weighted by molar-refractivity contribution is -0.137. The van der Waals surface area contributed by atoms with Gasteiger partial charge in [0.1, 0.15) is 0 Å². The number of benzene rings is 1. The van der Waals surface area contributed by atoms with Gasteiger partial charge in [-0.3, -0.25) is 4.79 Å². The van der Waals surface area contributed by atoms with E-state index >= 15 is 0 Å². The first kappa shape index (κ1) is 24.7. The van der Waals surface area contributed by atoms with E-state index in [1.54, 1.807) is 12.1 Å². The Hall–Kier alpha value is -3.43. The van der Waals surface area contributed by atoms with Crippen molar-refractivity contribution in [1.29, 1.82) is 0 Å². The largest absolute Gasteiger partial charge is 0.478 e. The number of aliphatic carboxylic acids is 1. The van der Waals surface area contributed by atoms with Crippen molar-refractivity contribution in [2.24, 2.45) is 5.92 Å². The van der Waals surface area contributed by atoms with E-state index in [2.05, 4.69) is 15.5 Å². The van der Waals surface area contributed by atoms with E-state index in [-0.39, 0.29) is 35.6 Å². The fourth-order valence-corrected chi connectivity index (χ4v) is 4.37. The molecule has 1 aliphatic heterocycles. The zero-order valence-electron chi connectivity index (χ0n) is 19.1. The van der Waals surface area contributed by atoms with Crippen LogP contribution in [0.2, 0.25) is 0 Å². The molecule has 0 bridgehead atoms. The number of aromatic nitrogens is 2. The molecule has 0 atom stereocenters. The maximum atomic E-state index is 13.5. The van der Waals surface area contributed by atoms with Crippen LogP contribution < -0.4 is 10.2 Å². The molecule has 1 saturated carbocycles. The lowest BCUT2D eigenvalue weighted by Gasteiger charge is -2.30. The van der Waals surface area contributed by atoms with Crippen LogP contribution in [0.1, 0.15) is 60.1 Å². The number of carbonyl (C=O) groups excluding carboxylic acids is 1. The third-order valence-corrected chi connectivity index (χ3v) is 6.41. The van der Waals surface area contributed by atoms with Crippen LogP contribution in [0.3, 0.4) is 0 Å². The number of alkyl halides is 3. The fraction of sp³-hybridized carbons (Fsp3) is 0.440. The molecule has 2 fully saturated rings.